The van der Waals surface area contributed by atoms with Gasteiger partial charge in [0.05, 0.1) is 34.6 Å². The third-order valence-electron chi connectivity index (χ3n) is 8.59. The summed E-state index contributed by atoms with van der Waals surface area (Å²) >= 11 is 0. The van der Waals surface area contributed by atoms with E-state index in [1.807, 2.05) is 36.4 Å². The first-order chi connectivity index (χ1) is 22.3. The molecule has 2 aliphatic rings. The number of likely N-dealkylation sites (tertiary alicyclic amines) is 1. The van der Waals surface area contributed by atoms with Crippen molar-refractivity contribution in [3.63, 3.8) is 0 Å². The Bertz CT molecular complexity index is 1570. The summed E-state index contributed by atoms with van der Waals surface area (Å²) in [7, 11) is 0. The van der Waals surface area contributed by atoms with Gasteiger partial charge in [0.1, 0.15) is 6.10 Å². The molecule has 0 bridgehead atoms. The minimum absolute atomic E-state index is 0.0107. The molecule has 3 aromatic carbocycles. The molecule has 1 atom stereocenters. The fraction of sp³-hybridized carbons (Fsp3) is 0.351. The molecule has 0 aromatic heterocycles. The Labute approximate surface area is 270 Å². The van der Waals surface area contributed by atoms with Gasteiger partial charge in [-0.15, -0.1) is 0 Å². The third-order valence-corrected chi connectivity index (χ3v) is 8.59. The lowest BCUT2D eigenvalue weighted by Gasteiger charge is -2.44. The van der Waals surface area contributed by atoms with E-state index < -0.39 is 22.8 Å². The Kier molecular flexibility index (Phi) is 10.6. The van der Waals surface area contributed by atoms with Gasteiger partial charge in [-0.2, -0.15) is 0 Å². The van der Waals surface area contributed by atoms with E-state index in [2.05, 4.69) is 41.4 Å². The highest BCUT2D eigenvalue weighted by molar-refractivity contribution is 6.00. The third kappa shape index (κ3) is 7.37. The number of nitro benzene ring substituents is 1. The Hall–Kier alpha value is -4.76. The molecule has 5 rings (SSSR count). The van der Waals surface area contributed by atoms with Crippen LogP contribution in [0, 0.1) is 10.1 Å². The van der Waals surface area contributed by atoms with E-state index >= 15 is 0 Å². The molecule has 2 heterocycles. The van der Waals surface area contributed by atoms with E-state index in [0.29, 0.717) is 30.0 Å². The molecule has 0 amide bonds. The molecular formula is C37H41N3O6. The number of esters is 2. The van der Waals surface area contributed by atoms with Gasteiger partial charge < -0.3 is 14.8 Å². The van der Waals surface area contributed by atoms with Gasteiger partial charge in [-0.25, -0.2) is 9.59 Å². The fourth-order valence-electron chi connectivity index (χ4n) is 6.31. The number of hydrogen-bond donors (Lipinski definition) is 1. The van der Waals surface area contributed by atoms with E-state index in [0.717, 1.165) is 36.8 Å². The van der Waals surface area contributed by atoms with E-state index in [1.165, 1.54) is 12.1 Å². The number of nitrogens with one attached hydrogen (secondary N) is 1. The summed E-state index contributed by atoms with van der Waals surface area (Å²) < 4.78 is 11.8. The van der Waals surface area contributed by atoms with Crippen LogP contribution in [-0.2, 0) is 19.1 Å². The van der Waals surface area contributed by atoms with Crippen molar-refractivity contribution in [1.82, 2.24) is 10.2 Å². The van der Waals surface area contributed by atoms with Crippen LogP contribution < -0.4 is 5.32 Å². The largest absolute Gasteiger partial charge is 0.462 e. The monoisotopic (exact) mass is 623 g/mol. The van der Waals surface area contributed by atoms with Gasteiger partial charge in [-0.05, 0) is 37.0 Å². The average Bonchev–Trinajstić information content (AvgIpc) is 3.04. The Balaban J connectivity index is 1.38. The highest BCUT2D eigenvalue weighted by Gasteiger charge is 2.42. The van der Waals surface area contributed by atoms with Crippen molar-refractivity contribution in [1.29, 1.82) is 0 Å². The number of dihydropyridines is 1. The van der Waals surface area contributed by atoms with Crippen molar-refractivity contribution in [3.05, 3.63) is 134 Å². The highest BCUT2D eigenvalue weighted by Crippen LogP contribution is 2.41. The van der Waals surface area contributed by atoms with Crippen molar-refractivity contribution in [3.8, 4) is 0 Å². The molecule has 2 aliphatic heterocycles. The minimum Gasteiger partial charge on any atom is -0.462 e. The number of carbonyl (C=O) groups is 2. The first kappa shape index (κ1) is 32.6. The average molecular weight is 624 g/mol. The van der Waals surface area contributed by atoms with Crippen LogP contribution >= 0.6 is 0 Å². The van der Waals surface area contributed by atoms with Crippen molar-refractivity contribution in [2.24, 2.45) is 0 Å². The number of nitro groups is 1. The van der Waals surface area contributed by atoms with Crippen LogP contribution in [0.5, 0.6) is 0 Å². The standard InChI is InChI=1S/C37H41N3O6/c1-4-5-6-13-21-45-36(41)32-25(2)38-26(3)33(34(32)29-19-14-20-30(22-29)40(43)44)37(42)46-31-23-39(24-31)35(27-15-9-7-10-16-27)28-17-11-8-12-18-28/h7-12,14-20,22,31,34-35,38H,4-6,13,21,23-24H2,1-3H3. The van der Waals surface area contributed by atoms with Crippen LogP contribution in [0.15, 0.2) is 107 Å². The number of non-ortho nitro benzene ring substituents is 1. The number of nitrogens with zero attached hydrogens (tertiary/aromatic N) is 2. The summed E-state index contributed by atoms with van der Waals surface area (Å²) in [5, 5.41) is 14.9. The van der Waals surface area contributed by atoms with Crippen molar-refractivity contribution >= 4 is 17.6 Å². The number of allylic oxidation sites excluding steroid dienone is 2. The second kappa shape index (κ2) is 15.0. The van der Waals surface area contributed by atoms with E-state index in [1.54, 1.807) is 26.0 Å². The lowest BCUT2D eigenvalue weighted by molar-refractivity contribution is -0.384. The van der Waals surface area contributed by atoms with Gasteiger partial charge in [0.15, 0.2) is 0 Å². The number of ether oxygens (including phenoxy) is 2. The van der Waals surface area contributed by atoms with Gasteiger partial charge >= 0.3 is 11.9 Å². The first-order valence-electron chi connectivity index (χ1n) is 15.9. The summed E-state index contributed by atoms with van der Waals surface area (Å²) in [5.41, 5.74) is 4.17. The van der Waals surface area contributed by atoms with Gasteiger partial charge in [0.25, 0.3) is 5.69 Å². The number of unbranched alkanes of at least 4 members (excludes halogenated alkanes) is 3. The zero-order valence-electron chi connectivity index (χ0n) is 26.6. The molecule has 46 heavy (non-hydrogen) atoms. The van der Waals surface area contributed by atoms with Crippen LogP contribution in [0.1, 0.15) is 75.1 Å². The zero-order valence-corrected chi connectivity index (χ0v) is 26.6. The number of rotatable bonds is 13. The van der Waals surface area contributed by atoms with Gasteiger partial charge in [-0.3, -0.25) is 15.0 Å². The molecule has 0 aliphatic carbocycles. The predicted octanol–water partition coefficient (Wildman–Crippen LogP) is 6.97. The summed E-state index contributed by atoms with van der Waals surface area (Å²) in [6, 6.07) is 26.5. The molecule has 1 unspecified atom stereocenters. The zero-order chi connectivity index (χ0) is 32.6. The van der Waals surface area contributed by atoms with E-state index in [-0.39, 0.29) is 35.6 Å². The molecule has 0 saturated carbocycles. The quantitative estimate of drug-likeness (QED) is 0.0941. The summed E-state index contributed by atoms with van der Waals surface area (Å²) in [6.07, 6.45) is 3.42. The maximum Gasteiger partial charge on any atom is 0.337 e. The SMILES string of the molecule is CCCCCCOC(=O)C1=C(C)NC(C)=C(C(=O)OC2CN(C(c3ccccc3)c3ccccc3)C2)C1c1cccc([N+](=O)[O-])c1. The molecule has 0 radical (unpaired) electrons. The predicted molar refractivity (Wildman–Crippen MR) is 176 cm³/mol. The number of benzene rings is 3. The topological polar surface area (TPSA) is 111 Å². The number of hydrogen-bond acceptors (Lipinski definition) is 8. The molecule has 240 valence electrons. The normalized spacial score (nSPS) is 17.0. The Morgan fingerprint density at radius 1 is 0.870 bits per heavy atom. The summed E-state index contributed by atoms with van der Waals surface area (Å²) in [5.74, 6) is -2.02. The molecule has 0 spiro atoms. The Morgan fingerprint density at radius 2 is 1.48 bits per heavy atom. The maximum atomic E-state index is 14.0. The molecule has 1 fully saturated rings. The van der Waals surface area contributed by atoms with Crippen LogP contribution in [0.25, 0.3) is 0 Å². The van der Waals surface area contributed by atoms with Crippen molar-refractivity contribution in [2.75, 3.05) is 19.7 Å². The Morgan fingerprint density at radius 3 is 2.07 bits per heavy atom. The first-order valence-corrected chi connectivity index (χ1v) is 15.9. The number of carbonyl (C=O) groups excluding carboxylic acids is 2. The molecule has 9 nitrogen and oxygen atoms in total. The lowest BCUT2D eigenvalue weighted by atomic mass is 9.80. The van der Waals surface area contributed by atoms with Crippen molar-refractivity contribution in [2.45, 2.75) is 64.5 Å². The van der Waals surface area contributed by atoms with Gasteiger partial charge in [0, 0.05) is 36.6 Å². The van der Waals surface area contributed by atoms with Crippen LogP contribution in [-0.4, -0.2) is 47.6 Å². The van der Waals surface area contributed by atoms with Crippen LogP contribution in [0.2, 0.25) is 0 Å². The second-order valence-corrected chi connectivity index (χ2v) is 11.9. The molecule has 3 aromatic rings. The maximum absolute atomic E-state index is 14.0. The van der Waals surface area contributed by atoms with Gasteiger partial charge in [-0.1, -0.05) is 99.0 Å². The highest BCUT2D eigenvalue weighted by atomic mass is 16.6. The van der Waals surface area contributed by atoms with Crippen molar-refractivity contribution < 1.29 is 24.0 Å². The molecule has 1 saturated heterocycles. The van der Waals surface area contributed by atoms with Gasteiger partial charge in [0.2, 0.25) is 0 Å². The molecule has 1 N–H and O–H groups in total. The summed E-state index contributed by atoms with van der Waals surface area (Å²) in [6.45, 7) is 6.93. The van der Waals surface area contributed by atoms with Crippen LogP contribution in [0.4, 0.5) is 5.69 Å². The summed E-state index contributed by atoms with van der Waals surface area (Å²) in [4.78, 5) is 41.0. The fourth-order valence-corrected chi connectivity index (χ4v) is 6.31. The smallest absolute Gasteiger partial charge is 0.337 e. The van der Waals surface area contributed by atoms with Crippen LogP contribution in [0.3, 0.4) is 0 Å². The molecular weight excluding hydrogens is 582 g/mol. The molecule has 9 heteroatoms. The van der Waals surface area contributed by atoms with E-state index in [9.17, 15) is 19.7 Å². The minimum atomic E-state index is -0.894. The second-order valence-electron chi connectivity index (χ2n) is 11.9. The lowest BCUT2D eigenvalue weighted by Crippen LogP contribution is -2.54. The van der Waals surface area contributed by atoms with E-state index in [4.69, 9.17) is 9.47 Å².